The normalized spacial score (nSPS) is 10.9. The molecule has 1 amide bonds. The van der Waals surface area contributed by atoms with Crippen LogP contribution in [0.3, 0.4) is 0 Å². The zero-order chi connectivity index (χ0) is 20.1. The molecule has 144 valence electrons. The lowest BCUT2D eigenvalue weighted by atomic mass is 10.2. The molecule has 0 spiro atoms. The van der Waals surface area contributed by atoms with E-state index in [4.69, 9.17) is 21.1 Å². The Bertz CT molecular complexity index is 1020. The fraction of sp³-hybridized carbons (Fsp3) is 0.150. The Morgan fingerprint density at radius 3 is 2.54 bits per heavy atom. The number of amides is 1. The Labute approximate surface area is 167 Å². The number of hydrogen-bond donors (Lipinski definition) is 1. The molecular formula is C20H19ClN4O3. The summed E-state index contributed by atoms with van der Waals surface area (Å²) >= 11 is 6.24. The van der Waals surface area contributed by atoms with Crippen LogP contribution in [-0.4, -0.2) is 36.1 Å². The van der Waals surface area contributed by atoms with Crippen LogP contribution in [0, 0.1) is 6.92 Å². The van der Waals surface area contributed by atoms with Crippen molar-refractivity contribution in [1.82, 2.24) is 15.2 Å². The van der Waals surface area contributed by atoms with Crippen LogP contribution in [0.2, 0.25) is 5.15 Å². The van der Waals surface area contributed by atoms with Crippen molar-refractivity contribution < 1.29 is 14.3 Å². The third kappa shape index (κ3) is 3.99. The van der Waals surface area contributed by atoms with E-state index >= 15 is 0 Å². The molecule has 7 nitrogen and oxygen atoms in total. The van der Waals surface area contributed by atoms with Gasteiger partial charge in [-0.3, -0.25) is 4.79 Å². The third-order valence-corrected chi connectivity index (χ3v) is 4.40. The molecule has 1 N–H and O–H groups in total. The number of carbonyl (C=O) groups excluding carboxylic acids is 1. The molecule has 0 saturated heterocycles. The van der Waals surface area contributed by atoms with Crippen LogP contribution >= 0.6 is 11.6 Å². The minimum absolute atomic E-state index is 0.297. The van der Waals surface area contributed by atoms with Crippen molar-refractivity contribution in [2.24, 2.45) is 5.10 Å². The van der Waals surface area contributed by atoms with Crippen molar-refractivity contribution in [2.45, 2.75) is 6.92 Å². The van der Waals surface area contributed by atoms with Gasteiger partial charge in [0, 0.05) is 5.56 Å². The van der Waals surface area contributed by atoms with Gasteiger partial charge in [-0.25, -0.2) is 10.1 Å². The van der Waals surface area contributed by atoms with E-state index in [0.29, 0.717) is 27.8 Å². The Kier molecular flexibility index (Phi) is 5.96. The van der Waals surface area contributed by atoms with Crippen LogP contribution in [0.4, 0.5) is 0 Å². The van der Waals surface area contributed by atoms with Gasteiger partial charge in [0.1, 0.15) is 0 Å². The first kappa shape index (κ1) is 19.4. The zero-order valence-corrected chi connectivity index (χ0v) is 16.4. The van der Waals surface area contributed by atoms with E-state index < -0.39 is 0 Å². The van der Waals surface area contributed by atoms with E-state index in [1.165, 1.54) is 20.4 Å². The first-order valence-electron chi connectivity index (χ1n) is 8.41. The Balaban J connectivity index is 1.76. The van der Waals surface area contributed by atoms with Crippen molar-refractivity contribution in [3.05, 3.63) is 70.5 Å². The van der Waals surface area contributed by atoms with Crippen molar-refractivity contribution in [3.8, 4) is 17.2 Å². The number of aromatic nitrogens is 2. The molecule has 28 heavy (non-hydrogen) atoms. The molecule has 2 aromatic carbocycles. The molecule has 0 unspecified atom stereocenters. The molecule has 1 aromatic heterocycles. The fourth-order valence-electron chi connectivity index (χ4n) is 2.64. The molecule has 1 heterocycles. The summed E-state index contributed by atoms with van der Waals surface area (Å²) in [7, 11) is 3.04. The number of methoxy groups -OCH3 is 2. The fourth-order valence-corrected chi connectivity index (χ4v) is 2.91. The molecule has 0 aliphatic heterocycles. The van der Waals surface area contributed by atoms with E-state index in [-0.39, 0.29) is 5.91 Å². The lowest BCUT2D eigenvalue weighted by Crippen LogP contribution is -2.17. The number of ether oxygens (including phenoxy) is 2. The third-order valence-electron chi connectivity index (χ3n) is 4.12. The monoisotopic (exact) mass is 398 g/mol. The van der Waals surface area contributed by atoms with Gasteiger partial charge in [-0.1, -0.05) is 29.8 Å². The first-order chi connectivity index (χ1) is 13.5. The van der Waals surface area contributed by atoms with Crippen molar-refractivity contribution in [2.75, 3.05) is 14.2 Å². The van der Waals surface area contributed by atoms with E-state index in [1.807, 2.05) is 37.3 Å². The maximum absolute atomic E-state index is 12.3. The molecule has 0 radical (unpaired) electrons. The van der Waals surface area contributed by atoms with Gasteiger partial charge in [0.15, 0.2) is 16.7 Å². The summed E-state index contributed by atoms with van der Waals surface area (Å²) in [6.45, 7) is 1.88. The lowest BCUT2D eigenvalue weighted by Gasteiger charge is -2.08. The van der Waals surface area contributed by atoms with Gasteiger partial charge in [-0.2, -0.15) is 10.2 Å². The van der Waals surface area contributed by atoms with Gasteiger partial charge in [0.2, 0.25) is 0 Å². The summed E-state index contributed by atoms with van der Waals surface area (Å²) in [6.07, 6.45) is 1.47. The number of nitrogens with one attached hydrogen (secondary N) is 1. The van der Waals surface area contributed by atoms with E-state index in [2.05, 4.69) is 15.6 Å². The number of nitrogens with zero attached hydrogens (tertiary/aromatic N) is 3. The van der Waals surface area contributed by atoms with Gasteiger partial charge in [-0.05, 0) is 37.3 Å². The maximum atomic E-state index is 12.3. The summed E-state index contributed by atoms with van der Waals surface area (Å²) in [6, 6.07) is 14.5. The number of hydrazone groups is 1. The van der Waals surface area contributed by atoms with Crippen molar-refractivity contribution in [3.63, 3.8) is 0 Å². The van der Waals surface area contributed by atoms with Crippen LogP contribution in [0.5, 0.6) is 11.5 Å². The second-order valence-electron chi connectivity index (χ2n) is 5.81. The van der Waals surface area contributed by atoms with Gasteiger partial charge in [0.05, 0.1) is 37.4 Å². The molecule has 0 saturated carbocycles. The summed E-state index contributed by atoms with van der Waals surface area (Å²) in [5, 5.41) is 8.63. The minimum atomic E-state index is -0.388. The smallest absolute Gasteiger partial charge is 0.271 e. The quantitative estimate of drug-likeness (QED) is 0.508. The number of benzene rings is 2. The van der Waals surface area contributed by atoms with Crippen molar-refractivity contribution in [1.29, 1.82) is 0 Å². The Morgan fingerprint density at radius 2 is 1.86 bits per heavy atom. The van der Waals surface area contributed by atoms with Crippen LogP contribution in [0.1, 0.15) is 21.6 Å². The van der Waals surface area contributed by atoms with Crippen LogP contribution in [0.15, 0.2) is 53.6 Å². The largest absolute Gasteiger partial charge is 0.493 e. The lowest BCUT2D eigenvalue weighted by molar-refractivity contribution is 0.0954. The zero-order valence-electron chi connectivity index (χ0n) is 15.6. The van der Waals surface area contributed by atoms with Crippen LogP contribution < -0.4 is 14.9 Å². The molecule has 0 aliphatic carbocycles. The van der Waals surface area contributed by atoms with Gasteiger partial charge in [0.25, 0.3) is 5.91 Å². The molecule has 0 atom stereocenters. The highest BCUT2D eigenvalue weighted by molar-refractivity contribution is 6.32. The minimum Gasteiger partial charge on any atom is -0.493 e. The van der Waals surface area contributed by atoms with Gasteiger partial charge < -0.3 is 9.47 Å². The van der Waals surface area contributed by atoms with E-state index in [1.54, 1.807) is 22.9 Å². The number of para-hydroxylation sites is 1. The average Bonchev–Trinajstić information content (AvgIpc) is 3.02. The SMILES string of the molecule is COc1ccc(C(=O)N/N=C\c2c(Cl)nn(-c3ccccc3)c2C)cc1OC. The summed E-state index contributed by atoms with van der Waals surface area (Å²) in [4.78, 5) is 12.3. The summed E-state index contributed by atoms with van der Waals surface area (Å²) in [5.41, 5.74) is 5.18. The molecule has 0 aliphatic rings. The highest BCUT2D eigenvalue weighted by Crippen LogP contribution is 2.27. The number of rotatable bonds is 6. The predicted octanol–water partition coefficient (Wildman–Crippen LogP) is 3.62. The van der Waals surface area contributed by atoms with Crippen LogP contribution in [0.25, 0.3) is 5.69 Å². The average molecular weight is 399 g/mol. The number of hydrogen-bond acceptors (Lipinski definition) is 5. The van der Waals surface area contributed by atoms with Gasteiger partial charge in [-0.15, -0.1) is 0 Å². The molecule has 3 aromatic rings. The topological polar surface area (TPSA) is 77.7 Å². The Morgan fingerprint density at radius 1 is 1.14 bits per heavy atom. The molecule has 3 rings (SSSR count). The van der Waals surface area contributed by atoms with Crippen LogP contribution in [-0.2, 0) is 0 Å². The standard InChI is InChI=1S/C20H19ClN4O3/c1-13-16(19(21)24-25(13)15-7-5-4-6-8-15)12-22-23-20(26)14-9-10-17(27-2)18(11-14)28-3/h4-12H,1-3H3,(H,23,26)/b22-12-. The van der Waals surface area contributed by atoms with Crippen molar-refractivity contribution >= 4 is 23.7 Å². The van der Waals surface area contributed by atoms with Gasteiger partial charge >= 0.3 is 0 Å². The molecule has 8 heteroatoms. The number of halogens is 1. The highest BCUT2D eigenvalue weighted by atomic mass is 35.5. The number of carbonyl (C=O) groups is 1. The van der Waals surface area contributed by atoms with E-state index in [9.17, 15) is 4.79 Å². The summed E-state index contributed by atoms with van der Waals surface area (Å²) in [5.74, 6) is 0.613. The second kappa shape index (κ2) is 8.58. The first-order valence-corrected chi connectivity index (χ1v) is 8.79. The maximum Gasteiger partial charge on any atom is 0.271 e. The molecular weight excluding hydrogens is 380 g/mol. The predicted molar refractivity (Wildman–Crippen MR) is 108 cm³/mol. The molecule has 0 bridgehead atoms. The molecule has 0 fully saturated rings. The van der Waals surface area contributed by atoms with E-state index in [0.717, 1.165) is 11.4 Å². The highest BCUT2D eigenvalue weighted by Gasteiger charge is 2.13. The Hall–Kier alpha value is -3.32. The second-order valence-corrected chi connectivity index (χ2v) is 6.16. The summed E-state index contributed by atoms with van der Waals surface area (Å²) < 4.78 is 12.1.